The van der Waals surface area contributed by atoms with Crippen LogP contribution in [0.2, 0.25) is 0 Å². The first kappa shape index (κ1) is 8.11. The Kier molecular flexibility index (Phi) is 2.17. The molecule has 0 bridgehead atoms. The predicted octanol–water partition coefficient (Wildman–Crippen LogP) is 3.02. The molecule has 2 rings (SSSR count). The second-order valence-electron chi connectivity index (χ2n) is 3.09. The quantitative estimate of drug-likeness (QED) is 0.667. The van der Waals surface area contributed by atoms with E-state index in [0.717, 1.165) is 13.0 Å². The molecule has 0 aliphatic rings. The number of aryl methyl sites for hydroxylation is 1. The van der Waals surface area contributed by atoms with E-state index in [0.29, 0.717) is 0 Å². The summed E-state index contributed by atoms with van der Waals surface area (Å²) in [4.78, 5) is 0. The van der Waals surface area contributed by atoms with E-state index in [1.807, 2.05) is 0 Å². The molecule has 1 radical (unpaired) electrons. The minimum Gasteiger partial charge on any atom is -0.347 e. The fourth-order valence-corrected chi connectivity index (χ4v) is 1.55. The van der Waals surface area contributed by atoms with Gasteiger partial charge in [-0.25, -0.2) is 0 Å². The van der Waals surface area contributed by atoms with Crippen molar-refractivity contribution in [3.05, 3.63) is 49.2 Å². The SMILES string of the molecule is [CH]=CCCn1ccc2ccccc21. The fraction of sp³-hybridized carbons (Fsp3) is 0.167. The van der Waals surface area contributed by atoms with E-state index in [-0.39, 0.29) is 0 Å². The van der Waals surface area contributed by atoms with Gasteiger partial charge in [0.15, 0.2) is 0 Å². The zero-order valence-electron chi connectivity index (χ0n) is 7.48. The number of fused-ring (bicyclic) bond motifs is 1. The highest BCUT2D eigenvalue weighted by Gasteiger charge is 1.97. The molecule has 2 aromatic rings. The van der Waals surface area contributed by atoms with Gasteiger partial charge in [-0.3, -0.25) is 0 Å². The van der Waals surface area contributed by atoms with Gasteiger partial charge < -0.3 is 4.57 Å². The third kappa shape index (κ3) is 1.50. The van der Waals surface area contributed by atoms with Gasteiger partial charge in [0.2, 0.25) is 0 Å². The predicted molar refractivity (Wildman–Crippen MR) is 55.4 cm³/mol. The standard InChI is InChI=1S/C12H12N/c1-2-3-9-13-10-8-11-6-4-5-7-12(11)13/h1-2,4-8,10H,3,9H2. The molecular formula is C12H12N. The van der Waals surface area contributed by atoms with Crippen LogP contribution >= 0.6 is 0 Å². The molecule has 0 aliphatic carbocycles. The summed E-state index contributed by atoms with van der Waals surface area (Å²) in [7, 11) is 0. The smallest absolute Gasteiger partial charge is 0.0480 e. The van der Waals surface area contributed by atoms with Crippen LogP contribution in [0.4, 0.5) is 0 Å². The van der Waals surface area contributed by atoms with E-state index in [2.05, 4.69) is 41.1 Å². The molecule has 0 fully saturated rings. The van der Waals surface area contributed by atoms with Gasteiger partial charge in [0, 0.05) is 18.3 Å². The van der Waals surface area contributed by atoms with Crippen molar-refractivity contribution in [3.63, 3.8) is 0 Å². The van der Waals surface area contributed by atoms with Crippen molar-refractivity contribution in [2.24, 2.45) is 0 Å². The molecule has 1 aromatic heterocycles. The van der Waals surface area contributed by atoms with E-state index in [1.165, 1.54) is 10.9 Å². The maximum atomic E-state index is 5.35. The maximum Gasteiger partial charge on any atom is 0.0480 e. The van der Waals surface area contributed by atoms with Gasteiger partial charge in [-0.1, -0.05) is 30.9 Å². The Morgan fingerprint density at radius 2 is 2.08 bits per heavy atom. The molecule has 65 valence electrons. The highest BCUT2D eigenvalue weighted by atomic mass is 14.9. The summed E-state index contributed by atoms with van der Waals surface area (Å²) >= 11 is 0. The third-order valence-electron chi connectivity index (χ3n) is 2.22. The molecule has 0 unspecified atom stereocenters. The van der Waals surface area contributed by atoms with E-state index in [9.17, 15) is 0 Å². The number of nitrogens with zero attached hydrogens (tertiary/aromatic N) is 1. The van der Waals surface area contributed by atoms with Crippen LogP contribution in [0, 0.1) is 6.58 Å². The Morgan fingerprint density at radius 3 is 2.92 bits per heavy atom. The van der Waals surface area contributed by atoms with Crippen LogP contribution in [-0.2, 0) is 6.54 Å². The summed E-state index contributed by atoms with van der Waals surface area (Å²) < 4.78 is 2.22. The second-order valence-corrected chi connectivity index (χ2v) is 3.09. The number of allylic oxidation sites excluding steroid dienone is 1. The maximum absolute atomic E-state index is 5.35. The average molecular weight is 170 g/mol. The van der Waals surface area contributed by atoms with Crippen molar-refractivity contribution in [2.75, 3.05) is 0 Å². The van der Waals surface area contributed by atoms with Gasteiger partial charge in [-0.05, 0) is 23.9 Å². The topological polar surface area (TPSA) is 4.93 Å². The van der Waals surface area contributed by atoms with Gasteiger partial charge in [-0.2, -0.15) is 0 Å². The van der Waals surface area contributed by atoms with Crippen LogP contribution < -0.4 is 0 Å². The molecule has 1 heteroatoms. The van der Waals surface area contributed by atoms with Crippen LogP contribution in [0.3, 0.4) is 0 Å². The van der Waals surface area contributed by atoms with Crippen molar-refractivity contribution in [2.45, 2.75) is 13.0 Å². The first-order valence-corrected chi connectivity index (χ1v) is 4.49. The molecule has 0 amide bonds. The van der Waals surface area contributed by atoms with Gasteiger partial charge in [0.25, 0.3) is 0 Å². The summed E-state index contributed by atoms with van der Waals surface area (Å²) in [5, 5.41) is 1.29. The number of rotatable bonds is 3. The molecule has 1 heterocycles. The summed E-state index contributed by atoms with van der Waals surface area (Å²) in [5.74, 6) is 0. The van der Waals surface area contributed by atoms with Crippen molar-refractivity contribution < 1.29 is 0 Å². The first-order chi connectivity index (χ1) is 6.42. The number of para-hydroxylation sites is 1. The lowest BCUT2D eigenvalue weighted by Gasteiger charge is -2.01. The third-order valence-corrected chi connectivity index (χ3v) is 2.22. The summed E-state index contributed by atoms with van der Waals surface area (Å²) in [5.41, 5.74) is 1.28. The van der Waals surface area contributed by atoms with Crippen molar-refractivity contribution in [1.29, 1.82) is 0 Å². The molecule has 13 heavy (non-hydrogen) atoms. The number of benzene rings is 1. The minimum absolute atomic E-state index is 0.915. The molecule has 0 N–H and O–H groups in total. The molecule has 1 nitrogen and oxygen atoms in total. The second kappa shape index (κ2) is 3.48. The Labute approximate surface area is 78.3 Å². The van der Waals surface area contributed by atoms with Gasteiger partial charge in [0.1, 0.15) is 0 Å². The van der Waals surface area contributed by atoms with E-state index < -0.39 is 0 Å². The Balaban J connectivity index is 2.40. The van der Waals surface area contributed by atoms with E-state index >= 15 is 0 Å². The lowest BCUT2D eigenvalue weighted by atomic mass is 10.2. The molecule has 0 aliphatic heterocycles. The van der Waals surface area contributed by atoms with Crippen LogP contribution in [-0.4, -0.2) is 4.57 Å². The summed E-state index contributed by atoms with van der Waals surface area (Å²) in [6.07, 6.45) is 4.72. The fourth-order valence-electron chi connectivity index (χ4n) is 1.55. The highest BCUT2D eigenvalue weighted by Crippen LogP contribution is 2.15. The number of hydrogen-bond acceptors (Lipinski definition) is 0. The number of hydrogen-bond donors (Lipinski definition) is 0. The normalized spacial score (nSPS) is 10.5. The molecule has 0 spiro atoms. The first-order valence-electron chi connectivity index (χ1n) is 4.49. The summed E-state index contributed by atoms with van der Waals surface area (Å²) in [6, 6.07) is 10.5. The van der Waals surface area contributed by atoms with E-state index in [1.54, 1.807) is 6.08 Å². The van der Waals surface area contributed by atoms with Crippen molar-refractivity contribution in [3.8, 4) is 0 Å². The zero-order chi connectivity index (χ0) is 9.10. The van der Waals surface area contributed by atoms with Crippen LogP contribution in [0.15, 0.2) is 42.6 Å². The van der Waals surface area contributed by atoms with Crippen LogP contribution in [0.5, 0.6) is 0 Å². The lowest BCUT2D eigenvalue weighted by Crippen LogP contribution is -1.93. The molecule has 1 aromatic carbocycles. The Bertz CT molecular complexity index is 412. The van der Waals surface area contributed by atoms with Crippen molar-refractivity contribution in [1.82, 2.24) is 4.57 Å². The van der Waals surface area contributed by atoms with Crippen molar-refractivity contribution >= 4 is 10.9 Å². The molecule has 0 saturated heterocycles. The largest absolute Gasteiger partial charge is 0.347 e. The zero-order valence-corrected chi connectivity index (χ0v) is 7.48. The highest BCUT2D eigenvalue weighted by molar-refractivity contribution is 5.79. The summed E-state index contributed by atoms with van der Waals surface area (Å²) in [6.45, 7) is 6.31. The minimum atomic E-state index is 0.915. The monoisotopic (exact) mass is 170 g/mol. The molecular weight excluding hydrogens is 158 g/mol. The molecule has 0 atom stereocenters. The van der Waals surface area contributed by atoms with Crippen LogP contribution in [0.25, 0.3) is 10.9 Å². The van der Waals surface area contributed by atoms with Gasteiger partial charge in [-0.15, -0.1) is 0 Å². The van der Waals surface area contributed by atoms with Gasteiger partial charge >= 0.3 is 0 Å². The lowest BCUT2D eigenvalue weighted by molar-refractivity contribution is 0.738. The Hall–Kier alpha value is -1.50. The van der Waals surface area contributed by atoms with Gasteiger partial charge in [0.05, 0.1) is 0 Å². The number of aromatic nitrogens is 1. The van der Waals surface area contributed by atoms with Crippen LogP contribution in [0.1, 0.15) is 6.42 Å². The van der Waals surface area contributed by atoms with E-state index in [4.69, 9.17) is 6.58 Å². The Morgan fingerprint density at radius 1 is 1.23 bits per heavy atom. The average Bonchev–Trinajstić information content (AvgIpc) is 2.58. The molecule has 0 saturated carbocycles.